The van der Waals surface area contributed by atoms with Gasteiger partial charge in [0, 0.05) is 28.9 Å². The van der Waals surface area contributed by atoms with Crippen LogP contribution in [0.2, 0.25) is 0 Å². The third-order valence-electron chi connectivity index (χ3n) is 6.30. The van der Waals surface area contributed by atoms with Gasteiger partial charge in [0.05, 0.1) is 19.9 Å². The number of methoxy groups -OCH3 is 2. The normalized spacial score (nSPS) is 11.2. The molecule has 0 unspecified atom stereocenters. The maximum atomic E-state index is 5.55. The molecular formula is C30H28N2O2. The molecular weight excluding hydrogens is 420 g/mol. The molecule has 4 heteroatoms. The molecule has 5 aromatic rings. The van der Waals surface area contributed by atoms with Crippen molar-refractivity contribution in [2.24, 2.45) is 0 Å². The summed E-state index contributed by atoms with van der Waals surface area (Å²) >= 11 is 0. The van der Waals surface area contributed by atoms with Gasteiger partial charge >= 0.3 is 0 Å². The third-order valence-corrected chi connectivity index (χ3v) is 6.30. The molecule has 0 saturated carbocycles. The molecule has 0 atom stereocenters. The Morgan fingerprint density at radius 1 is 0.706 bits per heavy atom. The van der Waals surface area contributed by atoms with Crippen molar-refractivity contribution in [3.05, 3.63) is 90.8 Å². The maximum Gasteiger partial charge on any atom is 0.161 e. The molecule has 0 saturated heterocycles. The first-order chi connectivity index (χ1) is 16.6. The lowest BCUT2D eigenvalue weighted by Gasteiger charge is -2.12. The summed E-state index contributed by atoms with van der Waals surface area (Å²) < 4.78 is 11.0. The van der Waals surface area contributed by atoms with Gasteiger partial charge in [-0.3, -0.25) is 4.98 Å². The average Bonchev–Trinajstić information content (AvgIpc) is 3.28. The summed E-state index contributed by atoms with van der Waals surface area (Å²) in [5, 5.41) is 1.24. The zero-order valence-electron chi connectivity index (χ0n) is 19.9. The second-order valence-corrected chi connectivity index (χ2v) is 8.72. The Kier molecular flexibility index (Phi) is 5.81. The van der Waals surface area contributed by atoms with Crippen LogP contribution in [0.1, 0.15) is 25.3 Å². The molecule has 0 radical (unpaired) electrons. The predicted molar refractivity (Wildman–Crippen MR) is 140 cm³/mol. The van der Waals surface area contributed by atoms with E-state index in [9.17, 15) is 0 Å². The number of fused-ring (bicyclic) bond motifs is 1. The van der Waals surface area contributed by atoms with Crippen molar-refractivity contribution >= 4 is 10.9 Å². The van der Waals surface area contributed by atoms with Crippen LogP contribution in [0.5, 0.6) is 11.5 Å². The number of ether oxygens (including phenoxy) is 2. The average molecular weight is 449 g/mol. The van der Waals surface area contributed by atoms with Gasteiger partial charge in [-0.15, -0.1) is 0 Å². The van der Waals surface area contributed by atoms with Crippen LogP contribution in [0, 0.1) is 0 Å². The molecule has 4 nitrogen and oxygen atoms in total. The molecule has 2 heterocycles. The number of hydrogen-bond acceptors (Lipinski definition) is 3. The van der Waals surface area contributed by atoms with Crippen molar-refractivity contribution in [3.8, 4) is 45.0 Å². The highest BCUT2D eigenvalue weighted by Gasteiger charge is 2.18. The van der Waals surface area contributed by atoms with E-state index >= 15 is 0 Å². The van der Waals surface area contributed by atoms with Gasteiger partial charge in [0.2, 0.25) is 0 Å². The van der Waals surface area contributed by atoms with Gasteiger partial charge in [-0.25, -0.2) is 0 Å². The van der Waals surface area contributed by atoms with E-state index in [0.717, 1.165) is 39.4 Å². The van der Waals surface area contributed by atoms with Gasteiger partial charge in [-0.1, -0.05) is 50.2 Å². The lowest BCUT2D eigenvalue weighted by molar-refractivity contribution is 0.355. The minimum absolute atomic E-state index is 0.347. The molecule has 2 aromatic heterocycles. The summed E-state index contributed by atoms with van der Waals surface area (Å²) in [6.45, 7) is 4.48. The van der Waals surface area contributed by atoms with E-state index in [4.69, 9.17) is 9.47 Å². The highest BCUT2D eigenvalue weighted by atomic mass is 16.5. The van der Waals surface area contributed by atoms with Crippen LogP contribution in [-0.4, -0.2) is 24.2 Å². The fourth-order valence-electron chi connectivity index (χ4n) is 4.60. The Labute approximate surface area is 200 Å². The van der Waals surface area contributed by atoms with Crippen LogP contribution in [0.15, 0.2) is 85.2 Å². The number of pyridine rings is 1. The highest BCUT2D eigenvalue weighted by molar-refractivity contribution is 5.94. The summed E-state index contributed by atoms with van der Waals surface area (Å²) in [7, 11) is 3.33. The summed E-state index contributed by atoms with van der Waals surface area (Å²) in [5.74, 6) is 1.80. The third kappa shape index (κ3) is 3.92. The van der Waals surface area contributed by atoms with Crippen LogP contribution in [-0.2, 0) is 0 Å². The van der Waals surface area contributed by atoms with Gasteiger partial charge in [0.1, 0.15) is 0 Å². The number of hydrogen-bond donors (Lipinski definition) is 1. The standard InChI is InChI=1S/C30H28N2O2/c1-19(2)29-25-16-22(20-7-9-21(10-8-20)24-6-5-15-31-18-24)11-13-26(25)32-30(29)23-12-14-27(33-3)28(17-23)34-4/h5-19,32H,1-4H3. The molecule has 0 aliphatic heterocycles. The minimum Gasteiger partial charge on any atom is -0.493 e. The Balaban J connectivity index is 1.58. The Bertz CT molecular complexity index is 1430. The SMILES string of the molecule is COc1ccc(-c2[nH]c3ccc(-c4ccc(-c5cccnc5)cc4)cc3c2C(C)C)cc1OC. The molecule has 0 aliphatic rings. The Hall–Kier alpha value is -4.05. The highest BCUT2D eigenvalue weighted by Crippen LogP contribution is 2.40. The fourth-order valence-corrected chi connectivity index (χ4v) is 4.60. The van der Waals surface area contributed by atoms with Gasteiger partial charge in [0.25, 0.3) is 0 Å². The van der Waals surface area contributed by atoms with Crippen molar-refractivity contribution in [2.75, 3.05) is 14.2 Å². The quantitative estimate of drug-likeness (QED) is 0.289. The lowest BCUT2D eigenvalue weighted by Crippen LogP contribution is -1.93. The van der Waals surface area contributed by atoms with Crippen molar-refractivity contribution in [3.63, 3.8) is 0 Å². The topological polar surface area (TPSA) is 47.1 Å². The van der Waals surface area contributed by atoms with E-state index in [1.165, 1.54) is 22.1 Å². The van der Waals surface area contributed by atoms with Crippen LogP contribution in [0.3, 0.4) is 0 Å². The number of H-pyrrole nitrogens is 1. The van der Waals surface area contributed by atoms with Crippen molar-refractivity contribution < 1.29 is 9.47 Å². The first kappa shape index (κ1) is 21.8. The number of nitrogens with zero attached hydrogens (tertiary/aromatic N) is 1. The van der Waals surface area contributed by atoms with Gasteiger partial charge < -0.3 is 14.5 Å². The van der Waals surface area contributed by atoms with E-state index in [1.54, 1.807) is 20.4 Å². The van der Waals surface area contributed by atoms with Crippen molar-refractivity contribution in [1.29, 1.82) is 0 Å². The number of benzene rings is 3. The molecule has 0 spiro atoms. The number of aromatic amines is 1. The number of nitrogens with one attached hydrogen (secondary N) is 1. The largest absolute Gasteiger partial charge is 0.493 e. The van der Waals surface area contributed by atoms with Crippen LogP contribution in [0.4, 0.5) is 0 Å². The van der Waals surface area contributed by atoms with Gasteiger partial charge in [0.15, 0.2) is 11.5 Å². The van der Waals surface area contributed by atoms with Crippen molar-refractivity contribution in [1.82, 2.24) is 9.97 Å². The zero-order chi connectivity index (χ0) is 23.7. The van der Waals surface area contributed by atoms with Crippen LogP contribution >= 0.6 is 0 Å². The summed E-state index contributed by atoms with van der Waals surface area (Å²) in [4.78, 5) is 7.89. The molecule has 34 heavy (non-hydrogen) atoms. The van der Waals surface area contributed by atoms with Crippen LogP contribution in [0.25, 0.3) is 44.4 Å². The molecule has 0 amide bonds. The minimum atomic E-state index is 0.347. The first-order valence-electron chi connectivity index (χ1n) is 11.5. The second-order valence-electron chi connectivity index (χ2n) is 8.72. The number of rotatable bonds is 6. The van der Waals surface area contributed by atoms with E-state index in [1.807, 2.05) is 24.4 Å². The first-order valence-corrected chi connectivity index (χ1v) is 11.5. The molecule has 5 rings (SSSR count). The van der Waals surface area contributed by atoms with Gasteiger partial charge in [-0.05, 0) is 70.1 Å². The van der Waals surface area contributed by atoms with E-state index < -0.39 is 0 Å². The Morgan fingerprint density at radius 3 is 2.03 bits per heavy atom. The Morgan fingerprint density at radius 2 is 1.38 bits per heavy atom. The van der Waals surface area contributed by atoms with E-state index in [0.29, 0.717) is 5.92 Å². The summed E-state index contributed by atoms with van der Waals surface area (Å²) in [5.41, 5.74) is 9.31. The summed E-state index contributed by atoms with van der Waals surface area (Å²) in [6, 6.07) is 25.5. The molecule has 0 aliphatic carbocycles. The van der Waals surface area contributed by atoms with Crippen molar-refractivity contribution in [2.45, 2.75) is 19.8 Å². The molecule has 1 N–H and O–H groups in total. The summed E-state index contributed by atoms with van der Waals surface area (Å²) in [6.07, 6.45) is 3.69. The maximum absolute atomic E-state index is 5.55. The monoisotopic (exact) mass is 448 g/mol. The molecule has 0 fully saturated rings. The zero-order valence-corrected chi connectivity index (χ0v) is 19.9. The fraction of sp³-hybridized carbons (Fsp3) is 0.167. The van der Waals surface area contributed by atoms with E-state index in [2.05, 4.69) is 78.4 Å². The molecule has 3 aromatic carbocycles. The van der Waals surface area contributed by atoms with E-state index in [-0.39, 0.29) is 0 Å². The van der Waals surface area contributed by atoms with Crippen LogP contribution < -0.4 is 9.47 Å². The molecule has 170 valence electrons. The van der Waals surface area contributed by atoms with Gasteiger partial charge in [-0.2, -0.15) is 0 Å². The number of aromatic nitrogens is 2. The predicted octanol–water partition coefficient (Wildman–Crippen LogP) is 7.70. The lowest BCUT2D eigenvalue weighted by atomic mass is 9.94. The second kappa shape index (κ2) is 9.06. The molecule has 0 bridgehead atoms. The smallest absolute Gasteiger partial charge is 0.161 e.